The molecule has 0 aliphatic rings. The fourth-order valence-corrected chi connectivity index (χ4v) is 0.495. The second kappa shape index (κ2) is 8.98. The summed E-state index contributed by atoms with van der Waals surface area (Å²) in [4.78, 5) is 0. The van der Waals surface area contributed by atoms with Crippen molar-refractivity contribution < 1.29 is 0 Å². The Labute approximate surface area is 89.0 Å². The van der Waals surface area contributed by atoms with Gasteiger partial charge in [-0.05, 0) is 6.42 Å². The molecule has 0 aliphatic carbocycles. The normalized spacial score (nSPS) is 7.22. The molecule has 0 spiro atoms. The van der Waals surface area contributed by atoms with E-state index in [2.05, 4.69) is 36.7 Å². The van der Waals surface area contributed by atoms with E-state index in [1.54, 1.807) is 0 Å². The third-order valence-corrected chi connectivity index (χ3v) is 0.927. The van der Waals surface area contributed by atoms with Gasteiger partial charge in [0.25, 0.3) is 0 Å². The zero-order chi connectivity index (χ0) is 6.41. The first-order valence-electron chi connectivity index (χ1n) is 2.35. The van der Waals surface area contributed by atoms with Gasteiger partial charge in [-0.25, -0.2) is 0 Å². The maximum absolute atomic E-state index is 4.63. The molecule has 0 unspecified atom stereocenters. The van der Waals surface area contributed by atoms with Crippen molar-refractivity contribution >= 4 is 58.7 Å². The molecule has 0 aromatic carbocycles. The van der Waals surface area contributed by atoms with Gasteiger partial charge in [-0.15, -0.1) is 19.2 Å². The summed E-state index contributed by atoms with van der Waals surface area (Å²) in [6.07, 6.45) is 2.76. The first-order chi connectivity index (χ1) is 3.77. The Hall–Kier alpha value is 0.980. The van der Waals surface area contributed by atoms with Crippen LogP contribution in [0.5, 0.6) is 0 Å². The van der Waals surface area contributed by atoms with Crippen LogP contribution in [0.3, 0.4) is 0 Å². The Balaban J connectivity index is 0. The molecule has 9 heavy (non-hydrogen) atoms. The van der Waals surface area contributed by atoms with Gasteiger partial charge in [-0.1, -0.05) is 18.3 Å². The third kappa shape index (κ3) is 12.2. The second-order valence-corrected chi connectivity index (χ2v) is 2.47. The number of nitrogens with one attached hydrogen (secondary N) is 1. The molecule has 0 saturated carbocycles. The molecule has 1 N–H and O–H groups in total. The van der Waals surface area contributed by atoms with Gasteiger partial charge in [0.1, 0.15) is 4.32 Å². The van der Waals surface area contributed by atoms with Crippen LogP contribution >= 0.6 is 24.8 Å². The van der Waals surface area contributed by atoms with Crippen molar-refractivity contribution in [2.45, 2.75) is 6.42 Å². The van der Waals surface area contributed by atoms with Crippen LogP contribution < -0.4 is 5.32 Å². The molecule has 1 radical (unpaired) electrons. The van der Waals surface area contributed by atoms with Crippen LogP contribution in [0.25, 0.3) is 0 Å². The topological polar surface area (TPSA) is 12.0 Å². The van der Waals surface area contributed by atoms with Crippen molar-refractivity contribution in [3.05, 3.63) is 12.7 Å². The van der Waals surface area contributed by atoms with Gasteiger partial charge in [0.05, 0.1) is 0 Å². The molecule has 0 bridgehead atoms. The molecule has 0 fully saturated rings. The minimum Gasteiger partial charge on any atom is -0.371 e. The van der Waals surface area contributed by atoms with Gasteiger partial charge in [0.2, 0.25) is 0 Å². The average molecular weight is 170 g/mol. The Bertz CT molecular complexity index is 95.0. The quantitative estimate of drug-likeness (QED) is 0.215. The molecule has 0 aromatic rings. The SMILES string of the molecule is C=CCCNC(=S)S.[Na]. The van der Waals surface area contributed by atoms with E-state index in [0.717, 1.165) is 13.0 Å². The van der Waals surface area contributed by atoms with Crippen LogP contribution in [0.1, 0.15) is 6.42 Å². The van der Waals surface area contributed by atoms with Gasteiger partial charge in [-0.2, -0.15) is 0 Å². The van der Waals surface area contributed by atoms with E-state index >= 15 is 0 Å². The third-order valence-electron chi connectivity index (χ3n) is 0.625. The largest absolute Gasteiger partial charge is 0.371 e. The van der Waals surface area contributed by atoms with Crippen molar-refractivity contribution in [2.24, 2.45) is 0 Å². The summed E-state index contributed by atoms with van der Waals surface area (Å²) in [5.74, 6) is 0. The van der Waals surface area contributed by atoms with E-state index in [-0.39, 0.29) is 29.6 Å². The Kier molecular flexibility index (Phi) is 12.6. The smallest absolute Gasteiger partial charge is 0.130 e. The standard InChI is InChI=1S/C5H9NS2.Na/c1-2-3-4-6-5(7)8;/h2H,1,3-4H2,(H2,6,7,8);. The number of rotatable bonds is 3. The summed E-state index contributed by atoms with van der Waals surface area (Å²) in [6.45, 7) is 4.39. The minimum atomic E-state index is 0. The van der Waals surface area contributed by atoms with Crippen molar-refractivity contribution in [1.29, 1.82) is 0 Å². The summed E-state index contributed by atoms with van der Waals surface area (Å²) in [5, 5.41) is 2.87. The molecule has 0 atom stereocenters. The molecule has 0 saturated heterocycles. The molecule has 47 valence electrons. The summed E-state index contributed by atoms with van der Waals surface area (Å²) in [6, 6.07) is 0. The van der Waals surface area contributed by atoms with Crippen LogP contribution in [0.15, 0.2) is 12.7 Å². The predicted molar refractivity (Wildman–Crippen MR) is 50.2 cm³/mol. The molecule has 0 rings (SSSR count). The van der Waals surface area contributed by atoms with Gasteiger partial charge in [0, 0.05) is 36.1 Å². The van der Waals surface area contributed by atoms with Crippen molar-refractivity contribution in [2.75, 3.05) is 6.54 Å². The summed E-state index contributed by atoms with van der Waals surface area (Å²) < 4.78 is 0.548. The van der Waals surface area contributed by atoms with E-state index in [1.165, 1.54) is 0 Å². The van der Waals surface area contributed by atoms with Crippen molar-refractivity contribution in [3.8, 4) is 0 Å². The fourth-order valence-electron chi connectivity index (χ4n) is 0.281. The van der Waals surface area contributed by atoms with Crippen molar-refractivity contribution in [3.63, 3.8) is 0 Å². The molecular weight excluding hydrogens is 161 g/mol. The van der Waals surface area contributed by atoms with E-state index in [4.69, 9.17) is 0 Å². The van der Waals surface area contributed by atoms with Gasteiger partial charge in [0.15, 0.2) is 0 Å². The summed E-state index contributed by atoms with van der Waals surface area (Å²) in [7, 11) is 0. The molecule has 0 amide bonds. The molecule has 0 aromatic heterocycles. The van der Waals surface area contributed by atoms with Gasteiger partial charge < -0.3 is 5.32 Å². The maximum atomic E-state index is 4.63. The minimum absolute atomic E-state index is 0. The first-order valence-corrected chi connectivity index (χ1v) is 3.20. The zero-order valence-corrected chi connectivity index (χ0v) is 9.27. The zero-order valence-electron chi connectivity index (χ0n) is 5.55. The Morgan fingerprint density at radius 1 is 1.78 bits per heavy atom. The van der Waals surface area contributed by atoms with Crippen LogP contribution in [0.4, 0.5) is 0 Å². The predicted octanol–water partition coefficient (Wildman–Crippen LogP) is 0.986. The second-order valence-electron chi connectivity index (χ2n) is 1.31. The van der Waals surface area contributed by atoms with Crippen LogP contribution in [0, 0.1) is 0 Å². The average Bonchev–Trinajstić information content (AvgIpc) is 1.66. The molecule has 4 heteroatoms. The monoisotopic (exact) mass is 170 g/mol. The maximum Gasteiger partial charge on any atom is 0.130 e. The van der Waals surface area contributed by atoms with E-state index in [0.29, 0.717) is 4.32 Å². The molecular formula is C5H9NNaS2. The molecule has 0 aliphatic heterocycles. The molecule has 1 nitrogen and oxygen atoms in total. The fraction of sp³-hybridized carbons (Fsp3) is 0.400. The van der Waals surface area contributed by atoms with Crippen LogP contribution in [-0.4, -0.2) is 40.4 Å². The number of thiocarbonyl (C=S) groups is 1. The summed E-state index contributed by atoms with van der Waals surface area (Å²) in [5.41, 5.74) is 0. The Morgan fingerprint density at radius 3 is 2.67 bits per heavy atom. The van der Waals surface area contributed by atoms with Gasteiger partial charge >= 0.3 is 0 Å². The molecule has 0 heterocycles. The van der Waals surface area contributed by atoms with E-state index in [1.807, 2.05) is 6.08 Å². The van der Waals surface area contributed by atoms with E-state index in [9.17, 15) is 0 Å². The first kappa shape index (κ1) is 12.6. The number of hydrogen-bond acceptors (Lipinski definition) is 1. The number of thiol groups is 1. The Morgan fingerprint density at radius 2 is 2.33 bits per heavy atom. The summed E-state index contributed by atoms with van der Waals surface area (Å²) >= 11 is 8.48. The van der Waals surface area contributed by atoms with Crippen molar-refractivity contribution in [1.82, 2.24) is 5.32 Å². The van der Waals surface area contributed by atoms with Crippen LogP contribution in [-0.2, 0) is 0 Å². The van der Waals surface area contributed by atoms with Gasteiger partial charge in [-0.3, -0.25) is 0 Å². The van der Waals surface area contributed by atoms with Crippen LogP contribution in [0.2, 0.25) is 0 Å². The number of hydrogen-bond donors (Lipinski definition) is 2. The van der Waals surface area contributed by atoms with E-state index < -0.39 is 0 Å².